The van der Waals surface area contributed by atoms with Gasteiger partial charge >= 0.3 is 0 Å². The summed E-state index contributed by atoms with van der Waals surface area (Å²) in [5.41, 5.74) is 0.867. The smallest absolute Gasteiger partial charge is 0.282 e. The fourth-order valence-corrected chi connectivity index (χ4v) is 2.21. The summed E-state index contributed by atoms with van der Waals surface area (Å²) in [6.45, 7) is 6.22. The lowest BCUT2D eigenvalue weighted by molar-refractivity contribution is -0.385. The Hall–Kier alpha value is -1.43. The zero-order valence-electron chi connectivity index (χ0n) is 11.9. The van der Waals surface area contributed by atoms with E-state index >= 15 is 0 Å². The van der Waals surface area contributed by atoms with Crippen molar-refractivity contribution in [3.8, 4) is 0 Å². The van der Waals surface area contributed by atoms with Crippen molar-refractivity contribution in [3.63, 3.8) is 0 Å². The maximum Gasteiger partial charge on any atom is 0.282 e. The van der Waals surface area contributed by atoms with Crippen LogP contribution >= 0.6 is 15.9 Å². The predicted octanol–water partition coefficient (Wildman–Crippen LogP) is 3.54. The topological polar surface area (TPSA) is 63.5 Å². The third-order valence-corrected chi connectivity index (χ3v) is 3.56. The number of nitro benzene ring substituents is 1. The number of rotatable bonds is 6. The van der Waals surface area contributed by atoms with Crippen molar-refractivity contribution in [2.45, 2.75) is 33.2 Å². The van der Waals surface area contributed by atoms with Crippen LogP contribution in [0.2, 0.25) is 0 Å². The average Bonchev–Trinajstić information content (AvgIpc) is 2.38. The second-order valence-corrected chi connectivity index (χ2v) is 5.71. The summed E-state index contributed by atoms with van der Waals surface area (Å²) in [6, 6.07) is 4.63. The van der Waals surface area contributed by atoms with E-state index in [-0.39, 0.29) is 23.2 Å². The summed E-state index contributed by atoms with van der Waals surface area (Å²) in [5, 5.41) is 11.9. The number of nitrogens with zero attached hydrogens (tertiary/aromatic N) is 2. The Balaban J connectivity index is 3.16. The summed E-state index contributed by atoms with van der Waals surface area (Å²) >= 11 is 3.34. The average molecular weight is 343 g/mol. The SMILES string of the molecule is Cc1ccc([N+](=O)[O-])c(C(=O)N(CCCBr)C(C)C)c1. The third kappa shape index (κ3) is 4.03. The van der Waals surface area contributed by atoms with Crippen molar-refractivity contribution in [1.29, 1.82) is 0 Å². The molecule has 0 fully saturated rings. The van der Waals surface area contributed by atoms with Crippen LogP contribution in [0.1, 0.15) is 36.2 Å². The molecule has 0 saturated heterocycles. The molecule has 0 atom stereocenters. The van der Waals surface area contributed by atoms with Crippen LogP contribution in [-0.2, 0) is 0 Å². The molecule has 0 aromatic heterocycles. The van der Waals surface area contributed by atoms with E-state index in [2.05, 4.69) is 15.9 Å². The monoisotopic (exact) mass is 342 g/mol. The maximum absolute atomic E-state index is 12.6. The second-order valence-electron chi connectivity index (χ2n) is 4.91. The predicted molar refractivity (Wildman–Crippen MR) is 82.4 cm³/mol. The first kappa shape index (κ1) is 16.6. The molecule has 6 heteroatoms. The number of carbonyl (C=O) groups is 1. The van der Waals surface area contributed by atoms with Gasteiger partial charge in [0.05, 0.1) is 4.92 Å². The van der Waals surface area contributed by atoms with Crippen LogP contribution in [0.25, 0.3) is 0 Å². The van der Waals surface area contributed by atoms with Gasteiger partial charge in [0, 0.05) is 24.0 Å². The van der Waals surface area contributed by atoms with Gasteiger partial charge in [0.25, 0.3) is 11.6 Å². The van der Waals surface area contributed by atoms with E-state index in [4.69, 9.17) is 0 Å². The zero-order valence-corrected chi connectivity index (χ0v) is 13.5. The quantitative estimate of drug-likeness (QED) is 0.451. The van der Waals surface area contributed by atoms with E-state index in [9.17, 15) is 14.9 Å². The molecule has 0 aliphatic rings. The van der Waals surface area contributed by atoms with Gasteiger partial charge in [-0.1, -0.05) is 22.0 Å². The molecule has 0 saturated carbocycles. The van der Waals surface area contributed by atoms with Crippen LogP contribution in [0.15, 0.2) is 18.2 Å². The lowest BCUT2D eigenvalue weighted by Gasteiger charge is -2.26. The van der Waals surface area contributed by atoms with E-state index in [0.29, 0.717) is 6.54 Å². The minimum absolute atomic E-state index is 0.00154. The Morgan fingerprint density at radius 1 is 1.45 bits per heavy atom. The fourth-order valence-electron chi connectivity index (χ4n) is 1.96. The van der Waals surface area contributed by atoms with Crippen LogP contribution in [0.4, 0.5) is 5.69 Å². The number of alkyl halides is 1. The van der Waals surface area contributed by atoms with Crippen molar-refractivity contribution in [2.75, 3.05) is 11.9 Å². The number of halogens is 1. The minimum atomic E-state index is -0.504. The van der Waals surface area contributed by atoms with Gasteiger partial charge in [-0.3, -0.25) is 14.9 Å². The molecular weight excluding hydrogens is 324 g/mol. The second kappa shape index (κ2) is 7.38. The third-order valence-electron chi connectivity index (χ3n) is 3.00. The van der Waals surface area contributed by atoms with E-state index < -0.39 is 4.92 Å². The lowest BCUT2D eigenvalue weighted by atomic mass is 10.1. The fraction of sp³-hybridized carbons (Fsp3) is 0.500. The van der Waals surface area contributed by atoms with Gasteiger partial charge < -0.3 is 4.90 Å². The van der Waals surface area contributed by atoms with E-state index in [1.54, 1.807) is 17.0 Å². The molecule has 0 aliphatic carbocycles. The van der Waals surface area contributed by atoms with Crippen LogP contribution in [0.3, 0.4) is 0 Å². The molecule has 1 aromatic carbocycles. The van der Waals surface area contributed by atoms with Crippen LogP contribution < -0.4 is 0 Å². The molecule has 20 heavy (non-hydrogen) atoms. The number of carbonyl (C=O) groups excluding carboxylic acids is 1. The van der Waals surface area contributed by atoms with Crippen LogP contribution in [0, 0.1) is 17.0 Å². The summed E-state index contributed by atoms with van der Waals surface area (Å²) in [4.78, 5) is 24.8. The van der Waals surface area contributed by atoms with Crippen LogP contribution in [0.5, 0.6) is 0 Å². The molecule has 5 nitrogen and oxygen atoms in total. The Morgan fingerprint density at radius 3 is 2.60 bits per heavy atom. The number of amides is 1. The number of aryl methyl sites for hydroxylation is 1. The molecule has 0 radical (unpaired) electrons. The number of benzene rings is 1. The zero-order chi connectivity index (χ0) is 15.3. The Bertz CT molecular complexity index is 503. The molecule has 1 amide bonds. The van der Waals surface area contributed by atoms with Crippen molar-refractivity contribution in [3.05, 3.63) is 39.4 Å². The van der Waals surface area contributed by atoms with E-state index in [1.165, 1.54) is 6.07 Å². The van der Waals surface area contributed by atoms with Gasteiger partial charge in [-0.25, -0.2) is 0 Å². The number of nitro groups is 1. The highest BCUT2D eigenvalue weighted by Gasteiger charge is 2.25. The van der Waals surface area contributed by atoms with Gasteiger partial charge in [-0.15, -0.1) is 0 Å². The molecule has 1 rings (SSSR count). The van der Waals surface area contributed by atoms with Gasteiger partial charge in [-0.2, -0.15) is 0 Å². The van der Waals surface area contributed by atoms with Crippen molar-refractivity contribution in [2.24, 2.45) is 0 Å². The summed E-state index contributed by atoms with van der Waals surface area (Å²) in [7, 11) is 0. The molecule has 0 N–H and O–H groups in total. The summed E-state index contributed by atoms with van der Waals surface area (Å²) in [6.07, 6.45) is 0.809. The minimum Gasteiger partial charge on any atom is -0.336 e. The summed E-state index contributed by atoms with van der Waals surface area (Å²) in [5.74, 6) is -0.281. The van der Waals surface area contributed by atoms with E-state index in [0.717, 1.165) is 17.3 Å². The lowest BCUT2D eigenvalue weighted by Crippen LogP contribution is -2.38. The first-order valence-corrected chi connectivity index (χ1v) is 7.62. The number of hydrogen-bond donors (Lipinski definition) is 0. The van der Waals surface area contributed by atoms with Crippen molar-refractivity contribution >= 4 is 27.5 Å². The molecule has 0 spiro atoms. The molecule has 0 bridgehead atoms. The summed E-state index contributed by atoms with van der Waals surface area (Å²) < 4.78 is 0. The largest absolute Gasteiger partial charge is 0.336 e. The van der Waals surface area contributed by atoms with Crippen LogP contribution in [-0.4, -0.2) is 33.6 Å². The first-order valence-electron chi connectivity index (χ1n) is 6.50. The van der Waals surface area contributed by atoms with Gasteiger partial charge in [0.1, 0.15) is 5.56 Å². The van der Waals surface area contributed by atoms with E-state index in [1.807, 2.05) is 20.8 Å². The van der Waals surface area contributed by atoms with Gasteiger partial charge in [-0.05, 0) is 38.8 Å². The Labute approximate surface area is 127 Å². The van der Waals surface area contributed by atoms with Gasteiger partial charge in [0.2, 0.25) is 0 Å². The Morgan fingerprint density at radius 2 is 2.10 bits per heavy atom. The molecule has 0 heterocycles. The maximum atomic E-state index is 12.6. The standard InChI is InChI=1S/C14H19BrN2O3/c1-10(2)16(8-4-7-15)14(18)12-9-11(3)5-6-13(12)17(19)20/h5-6,9-10H,4,7-8H2,1-3H3. The van der Waals surface area contributed by atoms with Crippen molar-refractivity contribution in [1.82, 2.24) is 4.90 Å². The highest BCUT2D eigenvalue weighted by Crippen LogP contribution is 2.22. The molecule has 0 unspecified atom stereocenters. The Kier molecular flexibility index (Phi) is 6.13. The van der Waals surface area contributed by atoms with Gasteiger partial charge in [0.15, 0.2) is 0 Å². The highest BCUT2D eigenvalue weighted by atomic mass is 79.9. The molecular formula is C14H19BrN2O3. The molecule has 110 valence electrons. The van der Waals surface area contributed by atoms with Crippen molar-refractivity contribution < 1.29 is 9.72 Å². The molecule has 0 aliphatic heterocycles. The number of hydrogen-bond acceptors (Lipinski definition) is 3. The first-order chi connectivity index (χ1) is 9.38. The highest BCUT2D eigenvalue weighted by molar-refractivity contribution is 9.09. The molecule has 1 aromatic rings. The normalized spacial score (nSPS) is 10.7.